The molecule has 0 fully saturated rings. The number of aromatic nitrogens is 1. The van der Waals surface area contributed by atoms with Crippen molar-refractivity contribution in [2.45, 2.75) is 13.5 Å². The molecule has 0 saturated heterocycles. The van der Waals surface area contributed by atoms with Crippen molar-refractivity contribution in [3.8, 4) is 0 Å². The molecule has 1 heterocycles. The van der Waals surface area contributed by atoms with Crippen molar-refractivity contribution in [3.05, 3.63) is 35.0 Å². The molecule has 0 bridgehead atoms. The maximum Gasteiger partial charge on any atom is 0.237 e. The third kappa shape index (κ3) is 2.03. The van der Waals surface area contributed by atoms with Crippen molar-refractivity contribution >= 4 is 34.2 Å². The van der Waals surface area contributed by atoms with Crippen LogP contribution in [0.2, 0.25) is 5.02 Å². The second kappa shape index (κ2) is 4.22. The molecule has 4 nitrogen and oxygen atoms in total. The maximum atomic E-state index is 11.5. The average Bonchev–Trinajstić information content (AvgIpc) is 2.57. The molecule has 1 aromatic heterocycles. The minimum atomic E-state index is -0.475. The molecule has 2 aromatic rings. The molecule has 1 amide bonds. The Morgan fingerprint density at radius 2 is 2.12 bits per heavy atom. The number of benzene rings is 1. The molecule has 2 rings (SSSR count). The van der Waals surface area contributed by atoms with Gasteiger partial charge in [-0.3, -0.25) is 9.59 Å². The lowest BCUT2D eigenvalue weighted by atomic mass is 10.1. The molecule has 88 valence electrons. The van der Waals surface area contributed by atoms with Gasteiger partial charge in [-0.15, -0.1) is 0 Å². The standard InChI is InChI=1S/C12H11ClN2O2/c1-7(16)9-5-15(6-11(14)17)12-8(9)3-2-4-10(12)13/h2-5H,6H2,1H3,(H2,14,17). The van der Waals surface area contributed by atoms with Crippen molar-refractivity contribution in [2.75, 3.05) is 0 Å². The first kappa shape index (κ1) is 11.7. The van der Waals surface area contributed by atoms with Crippen molar-refractivity contribution in [1.29, 1.82) is 0 Å². The molecule has 0 aliphatic carbocycles. The molecule has 0 aliphatic heterocycles. The van der Waals surface area contributed by atoms with Crippen LogP contribution in [0, 0.1) is 0 Å². The number of nitrogens with two attached hydrogens (primary N) is 1. The number of hydrogen-bond donors (Lipinski definition) is 1. The average molecular weight is 251 g/mol. The number of amides is 1. The first-order chi connectivity index (χ1) is 8.00. The normalized spacial score (nSPS) is 10.7. The van der Waals surface area contributed by atoms with Crippen LogP contribution in [-0.4, -0.2) is 16.3 Å². The summed E-state index contributed by atoms with van der Waals surface area (Å²) in [5.74, 6) is -0.544. The SMILES string of the molecule is CC(=O)c1cn(CC(N)=O)c2c(Cl)cccc12. The van der Waals surface area contributed by atoms with E-state index in [0.717, 1.165) is 5.39 Å². The Balaban J connectivity index is 2.75. The molecule has 0 spiro atoms. The van der Waals surface area contributed by atoms with Gasteiger partial charge in [0.25, 0.3) is 0 Å². The molecule has 2 N–H and O–H groups in total. The number of hydrogen-bond acceptors (Lipinski definition) is 2. The first-order valence-electron chi connectivity index (χ1n) is 5.07. The zero-order valence-electron chi connectivity index (χ0n) is 9.24. The summed E-state index contributed by atoms with van der Waals surface area (Å²) < 4.78 is 1.61. The highest BCUT2D eigenvalue weighted by Gasteiger charge is 2.14. The first-order valence-corrected chi connectivity index (χ1v) is 5.45. The zero-order valence-corrected chi connectivity index (χ0v) is 9.99. The van der Waals surface area contributed by atoms with E-state index in [1.54, 1.807) is 29.0 Å². The number of Topliss-reactive ketones (excluding diaryl/α,β-unsaturated/α-hetero) is 1. The van der Waals surface area contributed by atoms with Gasteiger partial charge in [0.1, 0.15) is 6.54 Å². The van der Waals surface area contributed by atoms with Crippen molar-refractivity contribution in [2.24, 2.45) is 5.73 Å². The fraction of sp³-hybridized carbons (Fsp3) is 0.167. The Morgan fingerprint density at radius 1 is 1.41 bits per heavy atom. The van der Waals surface area contributed by atoms with Crippen LogP contribution in [0.25, 0.3) is 10.9 Å². The summed E-state index contributed by atoms with van der Waals surface area (Å²) in [7, 11) is 0. The molecule has 0 unspecified atom stereocenters. The minimum absolute atomic E-state index is 0.00745. The van der Waals surface area contributed by atoms with Gasteiger partial charge in [-0.2, -0.15) is 0 Å². The van der Waals surface area contributed by atoms with Crippen LogP contribution in [-0.2, 0) is 11.3 Å². The Labute approximate surface area is 103 Å². The van der Waals surface area contributed by atoms with Crippen LogP contribution >= 0.6 is 11.6 Å². The van der Waals surface area contributed by atoms with Gasteiger partial charge in [-0.25, -0.2) is 0 Å². The molecule has 1 aromatic carbocycles. The smallest absolute Gasteiger partial charge is 0.237 e. The second-order valence-corrected chi connectivity index (χ2v) is 4.24. The number of carbonyl (C=O) groups is 2. The highest BCUT2D eigenvalue weighted by atomic mass is 35.5. The molecular formula is C12H11ClN2O2. The van der Waals surface area contributed by atoms with Gasteiger partial charge in [0.2, 0.25) is 5.91 Å². The lowest BCUT2D eigenvalue weighted by Gasteiger charge is -2.02. The Bertz CT molecular complexity index is 616. The lowest BCUT2D eigenvalue weighted by molar-refractivity contribution is -0.118. The molecule has 0 saturated carbocycles. The summed E-state index contributed by atoms with van der Waals surface area (Å²) >= 11 is 6.08. The van der Waals surface area contributed by atoms with E-state index in [9.17, 15) is 9.59 Å². The highest BCUT2D eigenvalue weighted by molar-refractivity contribution is 6.35. The van der Waals surface area contributed by atoms with E-state index in [0.29, 0.717) is 16.1 Å². The van der Waals surface area contributed by atoms with E-state index < -0.39 is 5.91 Å². The zero-order chi connectivity index (χ0) is 12.6. The molecule has 5 heteroatoms. The van der Waals surface area contributed by atoms with Gasteiger partial charge >= 0.3 is 0 Å². The van der Waals surface area contributed by atoms with Gasteiger partial charge in [0, 0.05) is 17.1 Å². The Kier molecular flexibility index (Phi) is 2.90. The number of carbonyl (C=O) groups excluding carboxylic acids is 2. The summed E-state index contributed by atoms with van der Waals surface area (Å²) in [6.07, 6.45) is 1.61. The van der Waals surface area contributed by atoms with Gasteiger partial charge in [0.05, 0.1) is 10.5 Å². The van der Waals surface area contributed by atoms with Gasteiger partial charge in [0.15, 0.2) is 5.78 Å². The summed E-state index contributed by atoms with van der Waals surface area (Å²) in [4.78, 5) is 22.5. The van der Waals surface area contributed by atoms with E-state index in [2.05, 4.69) is 0 Å². The fourth-order valence-corrected chi connectivity index (χ4v) is 2.17. The van der Waals surface area contributed by atoms with Gasteiger partial charge in [-0.05, 0) is 13.0 Å². The molecule has 17 heavy (non-hydrogen) atoms. The van der Waals surface area contributed by atoms with Crippen LogP contribution in [0.4, 0.5) is 0 Å². The van der Waals surface area contributed by atoms with Crippen molar-refractivity contribution in [3.63, 3.8) is 0 Å². The molecule has 0 radical (unpaired) electrons. The number of rotatable bonds is 3. The van der Waals surface area contributed by atoms with E-state index in [1.807, 2.05) is 0 Å². The van der Waals surface area contributed by atoms with Crippen molar-refractivity contribution in [1.82, 2.24) is 4.57 Å². The van der Waals surface area contributed by atoms with Crippen LogP contribution in [0.1, 0.15) is 17.3 Å². The summed E-state index contributed by atoms with van der Waals surface area (Å²) in [5.41, 5.74) is 6.37. The minimum Gasteiger partial charge on any atom is -0.368 e. The number of fused-ring (bicyclic) bond motifs is 1. The van der Waals surface area contributed by atoms with E-state index in [4.69, 9.17) is 17.3 Å². The van der Waals surface area contributed by atoms with Crippen LogP contribution in [0.3, 0.4) is 0 Å². The molecular weight excluding hydrogens is 240 g/mol. The van der Waals surface area contributed by atoms with Crippen LogP contribution in [0.5, 0.6) is 0 Å². The van der Waals surface area contributed by atoms with Crippen LogP contribution in [0.15, 0.2) is 24.4 Å². The number of halogens is 1. The highest BCUT2D eigenvalue weighted by Crippen LogP contribution is 2.28. The maximum absolute atomic E-state index is 11.5. The largest absolute Gasteiger partial charge is 0.368 e. The predicted molar refractivity (Wildman–Crippen MR) is 66.1 cm³/mol. The summed E-state index contributed by atoms with van der Waals surface area (Å²) in [6, 6.07) is 5.28. The third-order valence-electron chi connectivity index (χ3n) is 2.55. The summed E-state index contributed by atoms with van der Waals surface area (Å²) in [6.45, 7) is 1.48. The van der Waals surface area contributed by atoms with E-state index >= 15 is 0 Å². The number of primary amides is 1. The summed E-state index contributed by atoms with van der Waals surface area (Å²) in [5, 5.41) is 1.24. The fourth-order valence-electron chi connectivity index (χ4n) is 1.89. The van der Waals surface area contributed by atoms with Crippen molar-refractivity contribution < 1.29 is 9.59 Å². The Morgan fingerprint density at radius 3 is 2.71 bits per heavy atom. The number of para-hydroxylation sites is 1. The quantitative estimate of drug-likeness (QED) is 0.847. The van der Waals surface area contributed by atoms with E-state index in [-0.39, 0.29) is 12.3 Å². The van der Waals surface area contributed by atoms with E-state index in [1.165, 1.54) is 6.92 Å². The number of ketones is 1. The monoisotopic (exact) mass is 250 g/mol. The molecule has 0 atom stereocenters. The lowest BCUT2D eigenvalue weighted by Crippen LogP contribution is -2.18. The predicted octanol–water partition coefficient (Wildman–Crippen LogP) is 1.98. The van der Waals surface area contributed by atoms with Crippen LogP contribution < -0.4 is 5.73 Å². The second-order valence-electron chi connectivity index (χ2n) is 3.83. The molecule has 0 aliphatic rings. The topological polar surface area (TPSA) is 65.1 Å². The van der Waals surface area contributed by atoms with Gasteiger partial charge in [-0.1, -0.05) is 23.7 Å². The Hall–Kier alpha value is -1.81. The van der Waals surface area contributed by atoms with Gasteiger partial charge < -0.3 is 10.3 Å². The number of nitrogens with zero attached hydrogens (tertiary/aromatic N) is 1. The third-order valence-corrected chi connectivity index (χ3v) is 2.86.